The van der Waals surface area contributed by atoms with Gasteiger partial charge in [0.25, 0.3) is 0 Å². The van der Waals surface area contributed by atoms with E-state index in [4.69, 9.17) is 10.00 Å². The Labute approximate surface area is 103 Å². The number of thiazole rings is 1. The van der Waals surface area contributed by atoms with Crippen LogP contribution in [0.25, 0.3) is 11.3 Å². The predicted octanol–water partition coefficient (Wildman–Crippen LogP) is 2.81. The summed E-state index contributed by atoms with van der Waals surface area (Å²) in [6, 6.07) is 8.27. The van der Waals surface area contributed by atoms with Gasteiger partial charge in [-0.05, 0) is 23.8 Å². The number of rotatable bonds is 2. The smallest absolute Gasteiger partial charge is 0.122 e. The molecule has 1 aromatic heterocycles. The number of benzene rings is 1. The number of nitriles is 1. The molecule has 84 valence electrons. The van der Waals surface area contributed by atoms with Gasteiger partial charge in [0.2, 0.25) is 0 Å². The zero-order valence-corrected chi connectivity index (χ0v) is 9.96. The monoisotopic (exact) mass is 242 g/mol. The van der Waals surface area contributed by atoms with Crippen LogP contribution in [-0.2, 0) is 12.8 Å². The van der Waals surface area contributed by atoms with E-state index in [9.17, 15) is 0 Å². The Bertz CT molecular complexity index is 598. The first kappa shape index (κ1) is 10.3. The molecule has 0 saturated heterocycles. The maximum Gasteiger partial charge on any atom is 0.122 e. The van der Waals surface area contributed by atoms with E-state index < -0.39 is 0 Å². The molecule has 1 aromatic carbocycles. The summed E-state index contributed by atoms with van der Waals surface area (Å²) in [6.07, 6.45) is 1.36. The highest BCUT2D eigenvalue weighted by Crippen LogP contribution is 2.30. The molecule has 0 unspecified atom stereocenters. The molecular weight excluding hydrogens is 232 g/mol. The first-order valence-corrected chi connectivity index (χ1v) is 6.32. The summed E-state index contributed by atoms with van der Waals surface area (Å²) in [7, 11) is 0. The Kier molecular flexibility index (Phi) is 2.54. The third-order valence-corrected chi connectivity index (χ3v) is 3.62. The molecule has 17 heavy (non-hydrogen) atoms. The average molecular weight is 242 g/mol. The van der Waals surface area contributed by atoms with E-state index in [-0.39, 0.29) is 0 Å². The fourth-order valence-electron chi connectivity index (χ4n) is 1.94. The van der Waals surface area contributed by atoms with Crippen molar-refractivity contribution < 1.29 is 4.74 Å². The maximum atomic E-state index is 8.63. The number of hydrogen-bond acceptors (Lipinski definition) is 4. The summed E-state index contributed by atoms with van der Waals surface area (Å²) in [6.45, 7) is 0.773. The van der Waals surface area contributed by atoms with Crippen molar-refractivity contribution in [2.24, 2.45) is 0 Å². The van der Waals surface area contributed by atoms with Crippen molar-refractivity contribution in [3.8, 4) is 23.1 Å². The van der Waals surface area contributed by atoms with Crippen molar-refractivity contribution in [1.82, 2.24) is 4.98 Å². The normalized spacial score (nSPS) is 12.9. The van der Waals surface area contributed by atoms with Crippen LogP contribution in [0.2, 0.25) is 0 Å². The van der Waals surface area contributed by atoms with Gasteiger partial charge in [-0.1, -0.05) is 0 Å². The third-order valence-electron chi connectivity index (χ3n) is 2.77. The molecule has 1 aliphatic rings. The van der Waals surface area contributed by atoms with Gasteiger partial charge in [-0.3, -0.25) is 0 Å². The van der Waals surface area contributed by atoms with Gasteiger partial charge in [0.05, 0.1) is 24.8 Å². The van der Waals surface area contributed by atoms with E-state index in [0.29, 0.717) is 6.42 Å². The summed E-state index contributed by atoms with van der Waals surface area (Å²) in [5, 5.41) is 11.5. The van der Waals surface area contributed by atoms with E-state index in [1.807, 2.05) is 17.5 Å². The number of fused-ring (bicyclic) bond motifs is 1. The second-order valence-electron chi connectivity index (χ2n) is 3.88. The first-order valence-electron chi connectivity index (χ1n) is 5.44. The number of hydrogen-bond donors (Lipinski definition) is 0. The Balaban J connectivity index is 1.95. The lowest BCUT2D eigenvalue weighted by molar-refractivity contribution is 0.357. The zero-order chi connectivity index (χ0) is 11.7. The van der Waals surface area contributed by atoms with Crippen LogP contribution in [0.3, 0.4) is 0 Å². The van der Waals surface area contributed by atoms with Gasteiger partial charge in [-0.15, -0.1) is 11.3 Å². The van der Waals surface area contributed by atoms with E-state index in [1.165, 1.54) is 16.9 Å². The summed E-state index contributed by atoms with van der Waals surface area (Å²) in [5.41, 5.74) is 3.31. The molecule has 0 saturated carbocycles. The van der Waals surface area contributed by atoms with Gasteiger partial charge < -0.3 is 4.74 Å². The van der Waals surface area contributed by atoms with Crippen molar-refractivity contribution in [3.63, 3.8) is 0 Å². The molecule has 4 heteroatoms. The maximum absolute atomic E-state index is 8.63. The van der Waals surface area contributed by atoms with Crippen LogP contribution in [0, 0.1) is 11.3 Å². The Morgan fingerprint density at radius 3 is 3.29 bits per heavy atom. The highest BCUT2D eigenvalue weighted by Gasteiger charge is 2.13. The predicted molar refractivity (Wildman–Crippen MR) is 66.1 cm³/mol. The van der Waals surface area contributed by atoms with Gasteiger partial charge >= 0.3 is 0 Å². The quantitative estimate of drug-likeness (QED) is 0.813. The van der Waals surface area contributed by atoms with Gasteiger partial charge in [-0.25, -0.2) is 4.98 Å². The Hall–Kier alpha value is -1.86. The molecule has 3 rings (SSSR count). The summed E-state index contributed by atoms with van der Waals surface area (Å²) >= 11 is 1.54. The van der Waals surface area contributed by atoms with Gasteiger partial charge in [0, 0.05) is 17.4 Å². The highest BCUT2D eigenvalue weighted by atomic mass is 32.1. The van der Waals surface area contributed by atoms with Crippen molar-refractivity contribution in [2.75, 3.05) is 6.61 Å². The lowest BCUT2D eigenvalue weighted by Crippen LogP contribution is -1.85. The van der Waals surface area contributed by atoms with Crippen LogP contribution in [0.4, 0.5) is 0 Å². The van der Waals surface area contributed by atoms with Crippen molar-refractivity contribution in [2.45, 2.75) is 12.8 Å². The van der Waals surface area contributed by atoms with Gasteiger partial charge in [-0.2, -0.15) is 5.26 Å². The third kappa shape index (κ3) is 1.90. The minimum absolute atomic E-state index is 0.388. The van der Waals surface area contributed by atoms with E-state index in [0.717, 1.165) is 35.0 Å². The van der Waals surface area contributed by atoms with Crippen molar-refractivity contribution in [1.29, 1.82) is 5.26 Å². The van der Waals surface area contributed by atoms with Crippen LogP contribution in [0.5, 0.6) is 5.75 Å². The first-order chi connectivity index (χ1) is 8.36. The molecule has 0 bridgehead atoms. The number of nitrogens with zero attached hydrogens (tertiary/aromatic N) is 2. The van der Waals surface area contributed by atoms with Crippen LogP contribution < -0.4 is 4.74 Å². The minimum atomic E-state index is 0.388. The molecule has 0 radical (unpaired) electrons. The van der Waals surface area contributed by atoms with E-state index >= 15 is 0 Å². The van der Waals surface area contributed by atoms with Crippen molar-refractivity contribution >= 4 is 11.3 Å². The topological polar surface area (TPSA) is 45.9 Å². The lowest BCUT2D eigenvalue weighted by Gasteiger charge is -2.01. The van der Waals surface area contributed by atoms with Crippen LogP contribution >= 0.6 is 11.3 Å². The largest absolute Gasteiger partial charge is 0.493 e. The second kappa shape index (κ2) is 4.19. The fourth-order valence-corrected chi connectivity index (χ4v) is 2.67. The molecule has 1 aliphatic heterocycles. The van der Waals surface area contributed by atoms with E-state index in [1.54, 1.807) is 0 Å². The fraction of sp³-hybridized carbons (Fsp3) is 0.231. The highest BCUT2D eigenvalue weighted by molar-refractivity contribution is 7.10. The molecule has 0 fully saturated rings. The number of ether oxygens (including phenoxy) is 1. The summed E-state index contributed by atoms with van der Waals surface area (Å²) in [5.74, 6) is 0.987. The van der Waals surface area contributed by atoms with Crippen LogP contribution in [-0.4, -0.2) is 11.6 Å². The summed E-state index contributed by atoms with van der Waals surface area (Å²) in [4.78, 5) is 4.45. The van der Waals surface area contributed by atoms with Crippen LogP contribution in [0.15, 0.2) is 23.6 Å². The molecular formula is C13H10N2OS. The molecule has 0 spiro atoms. The molecule has 0 aliphatic carbocycles. The second-order valence-corrected chi connectivity index (χ2v) is 4.82. The Morgan fingerprint density at radius 1 is 1.47 bits per heavy atom. The molecule has 0 atom stereocenters. The van der Waals surface area contributed by atoms with Gasteiger partial charge in [0.1, 0.15) is 10.8 Å². The molecule has 2 aromatic rings. The zero-order valence-electron chi connectivity index (χ0n) is 9.14. The Morgan fingerprint density at radius 2 is 2.41 bits per heavy atom. The lowest BCUT2D eigenvalue weighted by atomic mass is 10.1. The summed E-state index contributed by atoms with van der Waals surface area (Å²) < 4.78 is 5.47. The van der Waals surface area contributed by atoms with Gasteiger partial charge in [0.15, 0.2) is 0 Å². The SMILES string of the molecule is N#CCc1nc(-c2ccc3c(c2)CCO3)cs1. The number of aromatic nitrogens is 1. The van der Waals surface area contributed by atoms with Crippen molar-refractivity contribution in [3.05, 3.63) is 34.2 Å². The standard InChI is InChI=1S/C13H10N2OS/c14-5-3-13-15-11(8-17-13)9-1-2-12-10(7-9)4-6-16-12/h1-2,7-8H,3-4,6H2. The average Bonchev–Trinajstić information content (AvgIpc) is 2.96. The molecule has 3 nitrogen and oxygen atoms in total. The molecule has 2 heterocycles. The molecule has 0 amide bonds. The molecule has 0 N–H and O–H groups in total. The minimum Gasteiger partial charge on any atom is -0.493 e. The van der Waals surface area contributed by atoms with E-state index in [2.05, 4.69) is 17.1 Å². The van der Waals surface area contributed by atoms with Crippen LogP contribution in [0.1, 0.15) is 10.6 Å².